The fourth-order valence-corrected chi connectivity index (χ4v) is 2.18. The van der Waals surface area contributed by atoms with Crippen LogP contribution < -0.4 is 0 Å². The number of imidazole rings is 1. The van der Waals surface area contributed by atoms with Crippen LogP contribution in [0.3, 0.4) is 0 Å². The number of hydrogen-bond acceptors (Lipinski definition) is 3. The number of aromatic nitrogens is 5. The summed E-state index contributed by atoms with van der Waals surface area (Å²) in [7, 11) is 1.93. The molecule has 0 unspecified atom stereocenters. The van der Waals surface area contributed by atoms with Crippen molar-refractivity contribution in [3.63, 3.8) is 0 Å². The number of hydrogen-bond donors (Lipinski definition) is 1. The maximum absolute atomic E-state index is 4.63. The molecule has 3 aromatic heterocycles. The van der Waals surface area contributed by atoms with E-state index in [0.717, 1.165) is 28.2 Å². The van der Waals surface area contributed by atoms with Crippen LogP contribution in [0.1, 0.15) is 26.5 Å². The molecule has 3 heterocycles. The molecule has 1 N–H and O–H groups in total. The van der Waals surface area contributed by atoms with Gasteiger partial charge in [0.2, 0.25) is 0 Å². The molecule has 19 heavy (non-hydrogen) atoms. The van der Waals surface area contributed by atoms with E-state index >= 15 is 0 Å². The Hall–Kier alpha value is -2.17. The number of aromatic amines is 1. The fraction of sp³-hybridized carbons (Fsp3) is 0.357. The average Bonchev–Trinajstić information content (AvgIpc) is 2.91. The molecule has 0 atom stereocenters. The molecule has 3 aromatic rings. The van der Waals surface area contributed by atoms with E-state index in [9.17, 15) is 0 Å². The number of aryl methyl sites for hydroxylation is 1. The molecule has 98 valence electrons. The van der Waals surface area contributed by atoms with Gasteiger partial charge in [-0.3, -0.25) is 4.98 Å². The third kappa shape index (κ3) is 1.91. The first kappa shape index (κ1) is 11.9. The van der Waals surface area contributed by atoms with Crippen LogP contribution in [0.25, 0.3) is 22.6 Å². The molecular weight excluding hydrogens is 238 g/mol. The zero-order valence-electron chi connectivity index (χ0n) is 11.6. The summed E-state index contributed by atoms with van der Waals surface area (Å²) in [5, 5.41) is 4.57. The summed E-state index contributed by atoms with van der Waals surface area (Å²) in [5.41, 5.74) is 3.96. The summed E-state index contributed by atoms with van der Waals surface area (Å²) in [4.78, 5) is 12.0. The highest BCUT2D eigenvalue weighted by molar-refractivity contribution is 5.79. The molecule has 0 aromatic carbocycles. The third-order valence-corrected chi connectivity index (χ3v) is 3.14. The molecular formula is C14H17N5. The molecule has 0 spiro atoms. The lowest BCUT2D eigenvalue weighted by atomic mass is 9.92. The summed E-state index contributed by atoms with van der Waals surface area (Å²) in [5.74, 6) is 0.857. The van der Waals surface area contributed by atoms with Crippen LogP contribution in [-0.2, 0) is 12.5 Å². The number of rotatable bonds is 1. The highest BCUT2D eigenvalue weighted by Gasteiger charge is 2.24. The average molecular weight is 255 g/mol. The van der Waals surface area contributed by atoms with Gasteiger partial charge in [-0.05, 0) is 12.1 Å². The quantitative estimate of drug-likeness (QED) is 0.727. The summed E-state index contributed by atoms with van der Waals surface area (Å²) >= 11 is 0. The minimum absolute atomic E-state index is 0.0123. The van der Waals surface area contributed by atoms with E-state index in [0.29, 0.717) is 0 Å². The number of pyridine rings is 1. The van der Waals surface area contributed by atoms with Crippen molar-refractivity contribution in [3.05, 3.63) is 30.2 Å². The molecule has 0 fully saturated rings. The first-order valence-corrected chi connectivity index (χ1v) is 6.30. The van der Waals surface area contributed by atoms with E-state index < -0.39 is 0 Å². The summed E-state index contributed by atoms with van der Waals surface area (Å²) in [6.07, 6.45) is 3.54. The van der Waals surface area contributed by atoms with E-state index in [-0.39, 0.29) is 5.41 Å². The van der Waals surface area contributed by atoms with Gasteiger partial charge in [-0.25, -0.2) is 9.67 Å². The minimum atomic E-state index is -0.0123. The van der Waals surface area contributed by atoms with Gasteiger partial charge in [0.1, 0.15) is 11.3 Å². The van der Waals surface area contributed by atoms with E-state index in [1.807, 2.05) is 23.9 Å². The molecule has 0 radical (unpaired) electrons. The molecule has 0 saturated heterocycles. The second-order valence-corrected chi connectivity index (χ2v) is 5.74. The van der Waals surface area contributed by atoms with Crippen molar-refractivity contribution in [1.82, 2.24) is 24.7 Å². The van der Waals surface area contributed by atoms with Crippen LogP contribution in [-0.4, -0.2) is 24.7 Å². The van der Waals surface area contributed by atoms with E-state index in [1.54, 1.807) is 12.4 Å². The first-order chi connectivity index (χ1) is 8.97. The van der Waals surface area contributed by atoms with Crippen LogP contribution >= 0.6 is 0 Å². The minimum Gasteiger partial charge on any atom is -0.335 e. The van der Waals surface area contributed by atoms with E-state index in [4.69, 9.17) is 0 Å². The monoisotopic (exact) mass is 255 g/mol. The zero-order valence-corrected chi connectivity index (χ0v) is 11.6. The Bertz CT molecular complexity index is 715. The van der Waals surface area contributed by atoms with Crippen molar-refractivity contribution in [2.45, 2.75) is 26.2 Å². The SMILES string of the molecule is Cn1nc(C(C)(C)C)c2[nH]c(-c3ccncc3)nc21. The van der Waals surface area contributed by atoms with Gasteiger partial charge in [0.25, 0.3) is 0 Å². The van der Waals surface area contributed by atoms with Gasteiger partial charge in [0.15, 0.2) is 5.65 Å². The zero-order chi connectivity index (χ0) is 13.6. The number of nitrogens with zero attached hydrogens (tertiary/aromatic N) is 4. The summed E-state index contributed by atoms with van der Waals surface area (Å²) in [6.45, 7) is 6.46. The van der Waals surface area contributed by atoms with Crippen molar-refractivity contribution in [3.8, 4) is 11.4 Å². The molecule has 0 aliphatic carbocycles. The molecule has 0 bridgehead atoms. The Kier molecular flexibility index (Phi) is 2.45. The van der Waals surface area contributed by atoms with Crippen molar-refractivity contribution < 1.29 is 0 Å². The molecule has 0 aliphatic rings. The topological polar surface area (TPSA) is 59.4 Å². The van der Waals surface area contributed by atoms with Crippen molar-refractivity contribution in [2.24, 2.45) is 7.05 Å². The van der Waals surface area contributed by atoms with E-state index in [2.05, 4.69) is 40.8 Å². The lowest BCUT2D eigenvalue weighted by Crippen LogP contribution is -2.13. The smallest absolute Gasteiger partial charge is 0.176 e. The van der Waals surface area contributed by atoms with Gasteiger partial charge in [-0.1, -0.05) is 20.8 Å². The number of nitrogens with one attached hydrogen (secondary N) is 1. The molecule has 5 heteroatoms. The lowest BCUT2D eigenvalue weighted by molar-refractivity contribution is 0.556. The fourth-order valence-electron chi connectivity index (χ4n) is 2.18. The van der Waals surface area contributed by atoms with Crippen LogP contribution in [0.4, 0.5) is 0 Å². The number of fused-ring (bicyclic) bond motifs is 1. The molecule has 0 amide bonds. The molecule has 3 rings (SSSR count). The van der Waals surface area contributed by atoms with Crippen LogP contribution in [0.15, 0.2) is 24.5 Å². The molecule has 0 aliphatic heterocycles. The summed E-state index contributed by atoms with van der Waals surface area (Å²) in [6, 6.07) is 3.89. The predicted octanol–water partition coefficient (Wildman–Crippen LogP) is 2.66. The van der Waals surface area contributed by atoms with Gasteiger partial charge in [0, 0.05) is 30.4 Å². The highest BCUT2D eigenvalue weighted by Crippen LogP contribution is 2.29. The molecule has 0 saturated carbocycles. The predicted molar refractivity (Wildman–Crippen MR) is 74.8 cm³/mol. The van der Waals surface area contributed by atoms with Crippen molar-refractivity contribution >= 4 is 11.2 Å². The Labute approximate surface area is 111 Å². The van der Waals surface area contributed by atoms with Crippen LogP contribution in [0.5, 0.6) is 0 Å². The standard InChI is InChI=1S/C14H17N5/c1-14(2,3)11-10-13(19(4)18-11)17-12(16-10)9-5-7-15-8-6-9/h5-8H,1-4H3,(H,16,17). The Morgan fingerprint density at radius 1 is 1.16 bits per heavy atom. The van der Waals surface area contributed by atoms with Crippen molar-refractivity contribution in [2.75, 3.05) is 0 Å². The second-order valence-electron chi connectivity index (χ2n) is 5.74. The maximum Gasteiger partial charge on any atom is 0.176 e. The lowest BCUT2D eigenvalue weighted by Gasteiger charge is -2.14. The van der Waals surface area contributed by atoms with E-state index in [1.165, 1.54) is 0 Å². The normalized spacial score (nSPS) is 12.2. The number of H-pyrrole nitrogens is 1. The largest absolute Gasteiger partial charge is 0.335 e. The Balaban J connectivity index is 2.22. The van der Waals surface area contributed by atoms with Gasteiger partial charge >= 0.3 is 0 Å². The summed E-state index contributed by atoms with van der Waals surface area (Å²) < 4.78 is 1.83. The maximum atomic E-state index is 4.63. The van der Waals surface area contributed by atoms with Gasteiger partial charge in [0.05, 0.1) is 5.69 Å². The van der Waals surface area contributed by atoms with Gasteiger partial charge in [-0.2, -0.15) is 5.10 Å². The van der Waals surface area contributed by atoms with Crippen molar-refractivity contribution in [1.29, 1.82) is 0 Å². The Morgan fingerprint density at radius 2 is 1.84 bits per heavy atom. The molecule has 5 nitrogen and oxygen atoms in total. The Morgan fingerprint density at radius 3 is 2.47 bits per heavy atom. The van der Waals surface area contributed by atoms with Gasteiger partial charge < -0.3 is 4.98 Å². The van der Waals surface area contributed by atoms with Gasteiger partial charge in [-0.15, -0.1) is 0 Å². The first-order valence-electron chi connectivity index (χ1n) is 6.30. The second kappa shape index (κ2) is 3.91. The third-order valence-electron chi connectivity index (χ3n) is 3.14. The van der Waals surface area contributed by atoms with Crippen LogP contribution in [0.2, 0.25) is 0 Å². The van der Waals surface area contributed by atoms with Crippen LogP contribution in [0, 0.1) is 0 Å². The highest BCUT2D eigenvalue weighted by atomic mass is 15.3.